The smallest absolute Gasteiger partial charge is 0.226 e. The first-order chi connectivity index (χ1) is 8.54. The number of rotatable bonds is 4. The molecule has 0 aliphatic rings. The van der Waals surface area contributed by atoms with Gasteiger partial charge in [-0.1, -0.05) is 13.8 Å². The van der Waals surface area contributed by atoms with Crippen molar-refractivity contribution in [3.05, 3.63) is 15.9 Å². The first kappa shape index (κ1) is 13.6. The van der Waals surface area contributed by atoms with Gasteiger partial charge in [-0.25, -0.2) is 0 Å². The molecule has 0 fully saturated rings. The van der Waals surface area contributed by atoms with Crippen molar-refractivity contribution in [2.45, 2.75) is 20.3 Å². The van der Waals surface area contributed by atoms with E-state index in [0.29, 0.717) is 23.3 Å². The predicted molar refractivity (Wildman–Crippen MR) is 79.0 cm³/mol. The van der Waals surface area contributed by atoms with Gasteiger partial charge < -0.3 is 5.32 Å². The molecule has 2 heterocycles. The number of aromatic nitrogens is 2. The lowest BCUT2D eigenvalue weighted by molar-refractivity contribution is -0.116. The summed E-state index contributed by atoms with van der Waals surface area (Å²) in [5.74, 6) is 0.987. The normalized spacial score (nSPS) is 10.9. The number of carbonyl (C=O) groups excluding carboxylic acids is 1. The molecule has 2 aromatic rings. The molecular formula is C11H12BrN3OS2. The molecule has 96 valence electrons. The number of hydrogen-bond acceptors (Lipinski definition) is 5. The summed E-state index contributed by atoms with van der Waals surface area (Å²) in [6.07, 6.45) is 0.499. The molecule has 0 saturated heterocycles. The van der Waals surface area contributed by atoms with Crippen LogP contribution in [0, 0.1) is 5.92 Å². The summed E-state index contributed by atoms with van der Waals surface area (Å²) in [6.45, 7) is 4.02. The predicted octanol–water partition coefficient (Wildman–Crippen LogP) is 4.01. The van der Waals surface area contributed by atoms with Gasteiger partial charge in [0.15, 0.2) is 5.82 Å². The Bertz CT molecular complexity index is 550. The Morgan fingerprint density at radius 1 is 1.50 bits per heavy atom. The monoisotopic (exact) mass is 345 g/mol. The summed E-state index contributed by atoms with van der Waals surface area (Å²) in [7, 11) is 0. The van der Waals surface area contributed by atoms with Crippen LogP contribution in [0.15, 0.2) is 15.9 Å². The summed E-state index contributed by atoms with van der Waals surface area (Å²) < 4.78 is 5.28. The molecule has 4 nitrogen and oxygen atoms in total. The quantitative estimate of drug-likeness (QED) is 0.910. The maximum absolute atomic E-state index is 11.6. The molecule has 0 bridgehead atoms. The molecule has 0 aliphatic heterocycles. The second-order valence-corrected chi connectivity index (χ2v) is 7.39. The summed E-state index contributed by atoms with van der Waals surface area (Å²) in [5.41, 5.74) is 0. The van der Waals surface area contributed by atoms with E-state index < -0.39 is 0 Å². The van der Waals surface area contributed by atoms with Crippen LogP contribution in [0.25, 0.3) is 10.7 Å². The number of halogens is 1. The third kappa shape index (κ3) is 3.60. The van der Waals surface area contributed by atoms with E-state index in [0.717, 1.165) is 8.66 Å². The maximum atomic E-state index is 11.6. The molecule has 2 aromatic heterocycles. The van der Waals surface area contributed by atoms with E-state index in [1.807, 2.05) is 26.0 Å². The Morgan fingerprint density at radius 3 is 2.89 bits per heavy atom. The highest BCUT2D eigenvalue weighted by Gasteiger charge is 2.11. The fourth-order valence-corrected chi connectivity index (χ4v) is 3.33. The van der Waals surface area contributed by atoms with Crippen LogP contribution < -0.4 is 5.32 Å². The molecule has 0 unspecified atom stereocenters. The summed E-state index contributed by atoms with van der Waals surface area (Å²) >= 11 is 6.18. The van der Waals surface area contributed by atoms with Crippen LogP contribution in [-0.2, 0) is 4.79 Å². The minimum absolute atomic E-state index is 0.0138. The van der Waals surface area contributed by atoms with Crippen LogP contribution in [0.2, 0.25) is 0 Å². The van der Waals surface area contributed by atoms with E-state index in [1.165, 1.54) is 11.5 Å². The van der Waals surface area contributed by atoms with Crippen LogP contribution in [0.5, 0.6) is 0 Å². The Labute approximate surface area is 122 Å². The Hall–Kier alpha value is -0.790. The van der Waals surface area contributed by atoms with E-state index in [9.17, 15) is 4.79 Å². The molecule has 0 radical (unpaired) electrons. The molecule has 1 amide bonds. The van der Waals surface area contributed by atoms with Crippen molar-refractivity contribution in [3.8, 4) is 10.7 Å². The van der Waals surface area contributed by atoms with E-state index >= 15 is 0 Å². The number of nitrogens with zero attached hydrogens (tertiary/aromatic N) is 2. The van der Waals surface area contributed by atoms with Crippen molar-refractivity contribution in [3.63, 3.8) is 0 Å². The summed E-state index contributed by atoms with van der Waals surface area (Å²) in [6, 6.07) is 3.91. The van der Waals surface area contributed by atoms with Crippen LogP contribution in [-0.4, -0.2) is 15.3 Å². The number of anilines is 1. The van der Waals surface area contributed by atoms with Gasteiger partial charge in [-0.15, -0.1) is 11.3 Å². The van der Waals surface area contributed by atoms with Crippen LogP contribution >= 0.6 is 38.8 Å². The number of carbonyl (C=O) groups is 1. The average Bonchev–Trinajstić information content (AvgIpc) is 2.85. The van der Waals surface area contributed by atoms with Crippen molar-refractivity contribution in [2.75, 3.05) is 5.32 Å². The first-order valence-corrected chi connectivity index (χ1v) is 7.82. The van der Waals surface area contributed by atoms with E-state index in [2.05, 4.69) is 30.6 Å². The van der Waals surface area contributed by atoms with Crippen LogP contribution in [0.3, 0.4) is 0 Å². The Balaban J connectivity index is 2.04. The van der Waals surface area contributed by atoms with Gasteiger partial charge in [0, 0.05) is 18.0 Å². The Morgan fingerprint density at radius 2 is 2.28 bits per heavy atom. The van der Waals surface area contributed by atoms with Crippen LogP contribution in [0.4, 0.5) is 5.13 Å². The largest absolute Gasteiger partial charge is 0.301 e. The van der Waals surface area contributed by atoms with Gasteiger partial charge in [0.05, 0.1) is 8.66 Å². The molecular weight excluding hydrogens is 334 g/mol. The lowest BCUT2D eigenvalue weighted by Crippen LogP contribution is -2.13. The van der Waals surface area contributed by atoms with Gasteiger partial charge in [0.2, 0.25) is 11.0 Å². The second-order valence-electron chi connectivity index (χ2n) is 4.17. The third-order valence-corrected chi connectivity index (χ3v) is 4.31. The molecule has 2 rings (SSSR count). The van der Waals surface area contributed by atoms with E-state index in [1.54, 1.807) is 11.3 Å². The second kappa shape index (κ2) is 5.90. The average molecular weight is 346 g/mol. The van der Waals surface area contributed by atoms with Crippen molar-refractivity contribution in [1.29, 1.82) is 0 Å². The summed E-state index contributed by atoms with van der Waals surface area (Å²) in [4.78, 5) is 16.9. The lowest BCUT2D eigenvalue weighted by atomic mass is 10.1. The van der Waals surface area contributed by atoms with Gasteiger partial charge in [0.25, 0.3) is 0 Å². The van der Waals surface area contributed by atoms with Crippen LogP contribution in [0.1, 0.15) is 20.3 Å². The fourth-order valence-electron chi connectivity index (χ4n) is 1.35. The molecule has 0 aliphatic carbocycles. The molecule has 0 saturated carbocycles. The van der Waals surface area contributed by atoms with Gasteiger partial charge >= 0.3 is 0 Å². The van der Waals surface area contributed by atoms with Gasteiger partial charge in [0.1, 0.15) is 0 Å². The topological polar surface area (TPSA) is 54.9 Å². The molecule has 0 spiro atoms. The first-order valence-electron chi connectivity index (χ1n) is 5.44. The highest BCUT2D eigenvalue weighted by molar-refractivity contribution is 9.11. The number of thiophene rings is 1. The SMILES string of the molecule is CC(C)CC(=O)Nc1nc(-c2ccc(Br)s2)ns1. The van der Waals surface area contributed by atoms with Crippen molar-refractivity contribution in [1.82, 2.24) is 9.36 Å². The highest BCUT2D eigenvalue weighted by Crippen LogP contribution is 2.31. The molecule has 0 aromatic carbocycles. The zero-order valence-electron chi connectivity index (χ0n) is 9.94. The van der Waals surface area contributed by atoms with Gasteiger partial charge in [-0.3, -0.25) is 4.79 Å². The maximum Gasteiger partial charge on any atom is 0.226 e. The van der Waals surface area contributed by atoms with Gasteiger partial charge in [-0.05, 0) is 34.0 Å². The van der Waals surface area contributed by atoms with Crippen molar-refractivity contribution < 1.29 is 4.79 Å². The zero-order chi connectivity index (χ0) is 13.1. The van der Waals surface area contributed by atoms with E-state index in [-0.39, 0.29) is 5.91 Å². The van der Waals surface area contributed by atoms with Crippen molar-refractivity contribution in [2.24, 2.45) is 5.92 Å². The van der Waals surface area contributed by atoms with Crippen molar-refractivity contribution >= 4 is 49.8 Å². The third-order valence-electron chi connectivity index (χ3n) is 2.06. The minimum atomic E-state index is -0.0138. The molecule has 18 heavy (non-hydrogen) atoms. The molecule has 1 N–H and O–H groups in total. The number of nitrogens with one attached hydrogen (secondary N) is 1. The molecule has 0 atom stereocenters. The highest BCUT2D eigenvalue weighted by atomic mass is 79.9. The van der Waals surface area contributed by atoms with Gasteiger partial charge in [-0.2, -0.15) is 9.36 Å². The fraction of sp³-hybridized carbons (Fsp3) is 0.364. The zero-order valence-corrected chi connectivity index (χ0v) is 13.2. The summed E-state index contributed by atoms with van der Waals surface area (Å²) in [5, 5.41) is 3.32. The number of amides is 1. The Kier molecular flexibility index (Phi) is 4.47. The lowest BCUT2D eigenvalue weighted by Gasteiger charge is -2.02. The standard InChI is InChI=1S/C11H12BrN3OS2/c1-6(2)5-9(16)13-11-14-10(15-18-11)7-3-4-8(12)17-7/h3-4,6H,5H2,1-2H3,(H,13,14,15,16). The number of hydrogen-bond donors (Lipinski definition) is 1. The minimum Gasteiger partial charge on any atom is -0.301 e. The molecule has 7 heteroatoms. The van der Waals surface area contributed by atoms with E-state index in [4.69, 9.17) is 0 Å².